The van der Waals surface area contributed by atoms with Crippen LogP contribution < -0.4 is 10.9 Å². The quantitative estimate of drug-likeness (QED) is 0.759. The Labute approximate surface area is 146 Å². The minimum absolute atomic E-state index is 0.129. The molecule has 1 aromatic carbocycles. The van der Waals surface area contributed by atoms with E-state index < -0.39 is 10.0 Å². The normalized spacial score (nSPS) is 16.6. The number of hydrazine groups is 1. The molecule has 2 amide bonds. The Morgan fingerprint density at radius 2 is 1.75 bits per heavy atom. The zero-order valence-electron chi connectivity index (χ0n) is 13.3. The molecule has 1 aliphatic rings. The van der Waals surface area contributed by atoms with Crippen molar-refractivity contribution in [2.24, 2.45) is 5.92 Å². The minimum Gasteiger partial charge on any atom is -0.273 e. The third-order valence-electron chi connectivity index (χ3n) is 3.90. The molecular formula is C15H20ClN3O4S. The van der Waals surface area contributed by atoms with Gasteiger partial charge < -0.3 is 0 Å². The van der Waals surface area contributed by atoms with Gasteiger partial charge >= 0.3 is 0 Å². The number of nitrogens with zero attached hydrogens (tertiary/aromatic N) is 1. The van der Waals surface area contributed by atoms with Crippen LogP contribution in [0.4, 0.5) is 0 Å². The summed E-state index contributed by atoms with van der Waals surface area (Å²) in [6.45, 7) is 0.630. The highest BCUT2D eigenvalue weighted by Gasteiger charge is 2.29. The second-order valence-electron chi connectivity index (χ2n) is 5.78. The Kier molecular flexibility index (Phi) is 6.20. The van der Waals surface area contributed by atoms with Crippen molar-refractivity contribution >= 4 is 33.4 Å². The van der Waals surface area contributed by atoms with Crippen LogP contribution in [-0.2, 0) is 26.0 Å². The van der Waals surface area contributed by atoms with Gasteiger partial charge in [0.05, 0.1) is 12.7 Å². The molecule has 0 aliphatic carbocycles. The Morgan fingerprint density at radius 1 is 1.17 bits per heavy atom. The predicted molar refractivity (Wildman–Crippen MR) is 90.6 cm³/mol. The first-order chi connectivity index (χ1) is 11.3. The van der Waals surface area contributed by atoms with E-state index in [1.54, 1.807) is 24.3 Å². The van der Waals surface area contributed by atoms with Gasteiger partial charge in [-0.25, -0.2) is 12.7 Å². The number of nitrogens with one attached hydrogen (secondary N) is 2. The smallest absolute Gasteiger partial charge is 0.242 e. The molecule has 1 saturated heterocycles. The first-order valence-corrected chi connectivity index (χ1v) is 9.76. The van der Waals surface area contributed by atoms with Crippen LogP contribution >= 0.6 is 11.6 Å². The number of amides is 2. The van der Waals surface area contributed by atoms with Gasteiger partial charge in [0.2, 0.25) is 21.8 Å². The second-order valence-corrected chi connectivity index (χ2v) is 8.20. The lowest BCUT2D eigenvalue weighted by molar-refractivity contribution is -0.131. The average molecular weight is 374 g/mol. The second kappa shape index (κ2) is 7.96. The monoisotopic (exact) mass is 373 g/mol. The van der Waals surface area contributed by atoms with Gasteiger partial charge in [-0.2, -0.15) is 0 Å². The zero-order valence-corrected chi connectivity index (χ0v) is 14.9. The maximum absolute atomic E-state index is 12.0. The van der Waals surface area contributed by atoms with Crippen LogP contribution in [0, 0.1) is 5.92 Å². The fourth-order valence-corrected chi connectivity index (χ4v) is 3.51. The van der Waals surface area contributed by atoms with Crippen molar-refractivity contribution in [3.8, 4) is 0 Å². The summed E-state index contributed by atoms with van der Waals surface area (Å²) in [5.41, 5.74) is 5.57. The van der Waals surface area contributed by atoms with Crippen LogP contribution in [0.5, 0.6) is 0 Å². The topological polar surface area (TPSA) is 95.6 Å². The number of carbonyl (C=O) groups is 2. The third-order valence-corrected chi connectivity index (χ3v) is 5.45. The summed E-state index contributed by atoms with van der Waals surface area (Å²) in [7, 11) is -3.22. The van der Waals surface area contributed by atoms with Crippen LogP contribution in [0.1, 0.15) is 18.4 Å². The molecule has 1 heterocycles. The first-order valence-electron chi connectivity index (χ1n) is 7.54. The molecule has 7 nitrogen and oxygen atoms in total. The van der Waals surface area contributed by atoms with E-state index in [0.29, 0.717) is 31.0 Å². The zero-order chi connectivity index (χ0) is 17.7. The van der Waals surface area contributed by atoms with Gasteiger partial charge in [-0.3, -0.25) is 20.4 Å². The fourth-order valence-electron chi connectivity index (χ4n) is 2.51. The first kappa shape index (κ1) is 18.7. The van der Waals surface area contributed by atoms with Crippen molar-refractivity contribution in [3.63, 3.8) is 0 Å². The van der Waals surface area contributed by atoms with Gasteiger partial charge in [-0.15, -0.1) is 0 Å². The molecule has 1 fully saturated rings. The van der Waals surface area contributed by atoms with E-state index in [2.05, 4.69) is 10.9 Å². The van der Waals surface area contributed by atoms with Gasteiger partial charge in [0.25, 0.3) is 0 Å². The van der Waals surface area contributed by atoms with E-state index in [1.165, 1.54) is 4.31 Å². The van der Waals surface area contributed by atoms with E-state index in [9.17, 15) is 18.0 Å². The highest BCUT2D eigenvalue weighted by molar-refractivity contribution is 7.88. The van der Waals surface area contributed by atoms with Crippen molar-refractivity contribution in [1.29, 1.82) is 0 Å². The lowest BCUT2D eigenvalue weighted by Crippen LogP contribution is -2.48. The van der Waals surface area contributed by atoms with Gasteiger partial charge in [-0.05, 0) is 30.5 Å². The minimum atomic E-state index is -3.22. The van der Waals surface area contributed by atoms with E-state index in [4.69, 9.17) is 11.6 Å². The van der Waals surface area contributed by atoms with Crippen LogP contribution in [0.25, 0.3) is 0 Å². The number of carbonyl (C=O) groups excluding carboxylic acids is 2. The van der Waals surface area contributed by atoms with Crippen LogP contribution in [-0.4, -0.2) is 43.9 Å². The molecule has 0 bridgehead atoms. The molecule has 1 aliphatic heterocycles. The Morgan fingerprint density at radius 3 is 2.29 bits per heavy atom. The number of piperidine rings is 1. The highest BCUT2D eigenvalue weighted by Crippen LogP contribution is 2.19. The Balaban J connectivity index is 1.75. The summed E-state index contributed by atoms with van der Waals surface area (Å²) < 4.78 is 24.2. The largest absolute Gasteiger partial charge is 0.273 e. The summed E-state index contributed by atoms with van der Waals surface area (Å²) in [6.07, 6.45) is 2.16. The van der Waals surface area contributed by atoms with Crippen LogP contribution in [0.2, 0.25) is 5.02 Å². The lowest BCUT2D eigenvalue weighted by Gasteiger charge is -2.29. The summed E-state index contributed by atoms with van der Waals surface area (Å²) >= 11 is 5.78. The van der Waals surface area contributed by atoms with Crippen molar-refractivity contribution in [2.45, 2.75) is 19.3 Å². The van der Waals surface area contributed by atoms with Crippen molar-refractivity contribution in [3.05, 3.63) is 34.9 Å². The Hall–Kier alpha value is -1.64. The Bertz CT molecular complexity index is 698. The van der Waals surface area contributed by atoms with Crippen LogP contribution in [0.3, 0.4) is 0 Å². The molecule has 0 atom stereocenters. The molecular weight excluding hydrogens is 354 g/mol. The molecule has 2 N–H and O–H groups in total. The summed E-state index contributed by atoms with van der Waals surface area (Å²) in [6, 6.07) is 6.87. The van der Waals surface area contributed by atoms with E-state index >= 15 is 0 Å². The number of sulfonamides is 1. The standard InChI is InChI=1S/C15H20ClN3O4S/c1-24(22,23)19-8-6-12(7-9-19)15(21)18-17-14(20)10-11-2-4-13(16)5-3-11/h2-5,12H,6-10H2,1H3,(H,17,20)(H,18,21). The number of hydrogen-bond acceptors (Lipinski definition) is 4. The highest BCUT2D eigenvalue weighted by atomic mass is 35.5. The number of benzene rings is 1. The SMILES string of the molecule is CS(=O)(=O)N1CCC(C(=O)NNC(=O)Cc2ccc(Cl)cc2)CC1. The summed E-state index contributed by atoms with van der Waals surface area (Å²) in [5, 5.41) is 0.591. The van der Waals surface area contributed by atoms with Crippen molar-refractivity contribution in [1.82, 2.24) is 15.2 Å². The molecule has 24 heavy (non-hydrogen) atoms. The number of rotatable bonds is 4. The van der Waals surface area contributed by atoms with E-state index in [0.717, 1.165) is 11.8 Å². The van der Waals surface area contributed by atoms with Gasteiger partial charge in [0, 0.05) is 24.0 Å². The summed E-state index contributed by atoms with van der Waals surface area (Å²) in [4.78, 5) is 23.9. The van der Waals surface area contributed by atoms with E-state index in [-0.39, 0.29) is 24.2 Å². The molecule has 0 unspecified atom stereocenters. The molecule has 0 saturated carbocycles. The molecule has 0 spiro atoms. The maximum Gasteiger partial charge on any atom is 0.242 e. The van der Waals surface area contributed by atoms with E-state index in [1.807, 2.05) is 0 Å². The van der Waals surface area contributed by atoms with Gasteiger partial charge in [0.1, 0.15) is 0 Å². The third kappa shape index (κ3) is 5.47. The van der Waals surface area contributed by atoms with Crippen molar-refractivity contribution in [2.75, 3.05) is 19.3 Å². The molecule has 0 radical (unpaired) electrons. The number of hydrogen-bond donors (Lipinski definition) is 2. The van der Waals surface area contributed by atoms with Gasteiger partial charge in [0.15, 0.2) is 0 Å². The van der Waals surface area contributed by atoms with Crippen LogP contribution in [0.15, 0.2) is 24.3 Å². The predicted octanol–water partition coefficient (Wildman–Crippen LogP) is 0.702. The molecule has 2 rings (SSSR count). The lowest BCUT2D eigenvalue weighted by atomic mass is 9.98. The van der Waals surface area contributed by atoms with Crippen molar-refractivity contribution < 1.29 is 18.0 Å². The molecule has 9 heteroatoms. The maximum atomic E-state index is 12.0. The summed E-state index contributed by atoms with van der Waals surface area (Å²) in [5.74, 6) is -0.939. The van der Waals surface area contributed by atoms with Gasteiger partial charge in [-0.1, -0.05) is 23.7 Å². The average Bonchev–Trinajstić information content (AvgIpc) is 2.54. The fraction of sp³-hybridized carbons (Fsp3) is 0.467. The molecule has 1 aromatic rings. The molecule has 0 aromatic heterocycles. The molecule has 132 valence electrons. The number of halogens is 1.